The van der Waals surface area contributed by atoms with Crippen LogP contribution in [0.15, 0.2) is 78.9 Å². The molecule has 0 aliphatic carbocycles. The van der Waals surface area contributed by atoms with Gasteiger partial charge in [-0.15, -0.1) is 0 Å². The van der Waals surface area contributed by atoms with Crippen LogP contribution in [0.5, 0.6) is 17.2 Å². The van der Waals surface area contributed by atoms with Crippen LogP contribution >= 0.6 is 0 Å². The van der Waals surface area contributed by atoms with Crippen molar-refractivity contribution in [3.8, 4) is 17.2 Å². The third-order valence-electron chi connectivity index (χ3n) is 4.96. The van der Waals surface area contributed by atoms with Gasteiger partial charge in [0.05, 0.1) is 7.11 Å². The van der Waals surface area contributed by atoms with Crippen LogP contribution in [0.25, 0.3) is 0 Å². The van der Waals surface area contributed by atoms with Gasteiger partial charge >= 0.3 is 6.03 Å². The van der Waals surface area contributed by atoms with Crippen LogP contribution in [-0.4, -0.2) is 24.1 Å². The van der Waals surface area contributed by atoms with Gasteiger partial charge in [0.15, 0.2) is 0 Å². The molecule has 2 amide bonds. The lowest BCUT2D eigenvalue weighted by molar-refractivity contribution is 0.187. The molecule has 0 aliphatic heterocycles. The first-order chi connectivity index (χ1) is 14.6. The van der Waals surface area contributed by atoms with Gasteiger partial charge in [-0.1, -0.05) is 37.3 Å². The maximum atomic E-state index is 13.0. The lowest BCUT2D eigenvalue weighted by Crippen LogP contribution is -2.40. The van der Waals surface area contributed by atoms with Crippen LogP contribution in [0.4, 0.5) is 10.5 Å². The van der Waals surface area contributed by atoms with Gasteiger partial charge in [0.1, 0.15) is 17.2 Å². The van der Waals surface area contributed by atoms with Gasteiger partial charge in [-0.05, 0) is 67.4 Å². The fourth-order valence-corrected chi connectivity index (χ4v) is 3.05. The van der Waals surface area contributed by atoms with Crippen molar-refractivity contribution in [2.75, 3.05) is 12.4 Å². The molecule has 0 spiro atoms. The van der Waals surface area contributed by atoms with E-state index in [0.29, 0.717) is 6.54 Å². The van der Waals surface area contributed by atoms with Gasteiger partial charge in [-0.25, -0.2) is 4.79 Å². The summed E-state index contributed by atoms with van der Waals surface area (Å²) in [5.74, 6) is 2.28. The van der Waals surface area contributed by atoms with E-state index in [1.165, 1.54) is 0 Å². The lowest BCUT2D eigenvalue weighted by atomic mass is 10.1. The molecule has 1 N–H and O–H groups in total. The zero-order valence-electron chi connectivity index (χ0n) is 17.7. The van der Waals surface area contributed by atoms with Crippen LogP contribution < -0.4 is 14.8 Å². The largest absolute Gasteiger partial charge is 0.497 e. The minimum absolute atomic E-state index is 0.0851. The number of ether oxygens (including phenoxy) is 2. The number of amides is 2. The highest BCUT2D eigenvalue weighted by Gasteiger charge is 2.20. The third kappa shape index (κ3) is 5.77. The minimum Gasteiger partial charge on any atom is -0.497 e. The number of carbonyl (C=O) groups is 1. The molecule has 156 valence electrons. The SMILES string of the molecule is CCC(C)N(Cc1cccc(Oc2ccccc2)c1)C(=O)Nc1ccc(OC)cc1. The first kappa shape index (κ1) is 21.2. The fraction of sp³-hybridized carbons (Fsp3) is 0.240. The van der Waals surface area contributed by atoms with Gasteiger partial charge in [-0.3, -0.25) is 0 Å². The molecule has 0 saturated heterocycles. The number of anilines is 1. The van der Waals surface area contributed by atoms with Crippen LogP contribution in [0.1, 0.15) is 25.8 Å². The standard InChI is InChI=1S/C25H28N2O3/c1-4-19(2)27(25(28)26-21-13-15-22(29-3)16-14-21)18-20-9-8-12-24(17-20)30-23-10-6-5-7-11-23/h5-17,19H,4,18H2,1-3H3,(H,26,28). The van der Waals surface area contributed by atoms with Gasteiger partial charge < -0.3 is 19.7 Å². The average molecular weight is 405 g/mol. The predicted molar refractivity (Wildman–Crippen MR) is 120 cm³/mol. The maximum absolute atomic E-state index is 13.0. The first-order valence-corrected chi connectivity index (χ1v) is 10.1. The van der Waals surface area contributed by atoms with Gasteiger partial charge in [0, 0.05) is 18.3 Å². The first-order valence-electron chi connectivity index (χ1n) is 10.1. The van der Waals surface area contributed by atoms with Crippen molar-refractivity contribution in [3.63, 3.8) is 0 Å². The number of nitrogens with one attached hydrogen (secondary N) is 1. The molecule has 0 saturated carbocycles. The molecule has 0 radical (unpaired) electrons. The van der Waals surface area contributed by atoms with E-state index >= 15 is 0 Å². The Balaban J connectivity index is 1.72. The monoisotopic (exact) mass is 404 g/mol. The highest BCUT2D eigenvalue weighted by Crippen LogP contribution is 2.23. The zero-order valence-corrected chi connectivity index (χ0v) is 17.7. The number of para-hydroxylation sites is 1. The molecule has 1 atom stereocenters. The molecule has 0 fully saturated rings. The Morgan fingerprint density at radius 1 is 0.933 bits per heavy atom. The zero-order chi connectivity index (χ0) is 21.3. The summed E-state index contributed by atoms with van der Waals surface area (Å²) in [6, 6.07) is 24.8. The Kier molecular flexibility index (Phi) is 7.33. The molecular formula is C25H28N2O3. The second-order valence-corrected chi connectivity index (χ2v) is 7.11. The Labute approximate surface area is 178 Å². The number of hydrogen-bond donors (Lipinski definition) is 1. The quantitative estimate of drug-likeness (QED) is 0.478. The third-order valence-corrected chi connectivity index (χ3v) is 4.96. The molecular weight excluding hydrogens is 376 g/mol. The lowest BCUT2D eigenvalue weighted by Gasteiger charge is -2.29. The van der Waals surface area contributed by atoms with Gasteiger partial charge in [0.2, 0.25) is 0 Å². The van der Waals surface area contributed by atoms with Crippen molar-refractivity contribution in [1.29, 1.82) is 0 Å². The number of nitrogens with zero attached hydrogens (tertiary/aromatic N) is 1. The highest BCUT2D eigenvalue weighted by atomic mass is 16.5. The van der Waals surface area contributed by atoms with E-state index in [1.54, 1.807) is 7.11 Å². The number of hydrogen-bond acceptors (Lipinski definition) is 3. The van der Waals surface area contributed by atoms with Crippen molar-refractivity contribution in [2.45, 2.75) is 32.9 Å². The van der Waals surface area contributed by atoms with Crippen LogP contribution in [0, 0.1) is 0 Å². The molecule has 3 aromatic rings. The molecule has 5 heteroatoms. The Hall–Kier alpha value is -3.47. The number of methoxy groups -OCH3 is 1. The topological polar surface area (TPSA) is 50.8 Å². The van der Waals surface area contributed by atoms with Gasteiger partial charge in [-0.2, -0.15) is 0 Å². The molecule has 0 aliphatic rings. The summed E-state index contributed by atoms with van der Waals surface area (Å²) in [5.41, 5.74) is 1.74. The van der Waals surface area contributed by atoms with Crippen molar-refractivity contribution in [3.05, 3.63) is 84.4 Å². The normalized spacial score (nSPS) is 11.4. The Morgan fingerprint density at radius 3 is 2.30 bits per heavy atom. The van der Waals surface area contributed by atoms with Crippen molar-refractivity contribution >= 4 is 11.7 Å². The van der Waals surface area contributed by atoms with E-state index in [1.807, 2.05) is 83.8 Å². The van der Waals surface area contributed by atoms with Crippen LogP contribution in [0.2, 0.25) is 0 Å². The maximum Gasteiger partial charge on any atom is 0.322 e. The summed E-state index contributed by atoms with van der Waals surface area (Å²) >= 11 is 0. The second kappa shape index (κ2) is 10.3. The summed E-state index contributed by atoms with van der Waals surface area (Å²) in [5, 5.41) is 2.98. The van der Waals surface area contributed by atoms with Crippen molar-refractivity contribution in [2.24, 2.45) is 0 Å². The van der Waals surface area contributed by atoms with E-state index < -0.39 is 0 Å². The molecule has 30 heavy (non-hydrogen) atoms. The molecule has 5 nitrogen and oxygen atoms in total. The van der Waals surface area contributed by atoms with Crippen molar-refractivity contribution < 1.29 is 14.3 Å². The summed E-state index contributed by atoms with van der Waals surface area (Å²) in [6.45, 7) is 4.62. The fourth-order valence-electron chi connectivity index (χ4n) is 3.05. The minimum atomic E-state index is -0.135. The Bertz CT molecular complexity index is 942. The number of urea groups is 1. The average Bonchev–Trinajstić information content (AvgIpc) is 2.78. The van der Waals surface area contributed by atoms with E-state index in [2.05, 4.69) is 19.2 Å². The molecule has 0 bridgehead atoms. The van der Waals surface area contributed by atoms with E-state index in [9.17, 15) is 4.79 Å². The van der Waals surface area contributed by atoms with E-state index in [4.69, 9.17) is 9.47 Å². The van der Waals surface area contributed by atoms with E-state index in [-0.39, 0.29) is 12.1 Å². The summed E-state index contributed by atoms with van der Waals surface area (Å²) in [4.78, 5) is 14.8. The van der Waals surface area contributed by atoms with Gasteiger partial charge in [0.25, 0.3) is 0 Å². The summed E-state index contributed by atoms with van der Waals surface area (Å²) in [7, 11) is 1.62. The smallest absolute Gasteiger partial charge is 0.322 e. The second-order valence-electron chi connectivity index (χ2n) is 7.11. The summed E-state index contributed by atoms with van der Waals surface area (Å²) < 4.78 is 11.1. The molecule has 0 heterocycles. The Morgan fingerprint density at radius 2 is 1.63 bits per heavy atom. The van der Waals surface area contributed by atoms with E-state index in [0.717, 1.165) is 34.9 Å². The number of benzene rings is 3. The molecule has 3 rings (SSSR count). The predicted octanol–water partition coefficient (Wildman–Crippen LogP) is 6.32. The van der Waals surface area contributed by atoms with Crippen molar-refractivity contribution in [1.82, 2.24) is 4.90 Å². The number of rotatable bonds is 8. The summed E-state index contributed by atoms with van der Waals surface area (Å²) in [6.07, 6.45) is 0.857. The van der Waals surface area contributed by atoms with Crippen LogP contribution in [-0.2, 0) is 6.54 Å². The molecule has 3 aromatic carbocycles. The molecule has 0 aromatic heterocycles. The number of carbonyl (C=O) groups excluding carboxylic acids is 1. The molecule has 1 unspecified atom stereocenters. The van der Waals surface area contributed by atoms with Crippen LogP contribution in [0.3, 0.4) is 0 Å². The highest BCUT2D eigenvalue weighted by molar-refractivity contribution is 5.89.